The second-order valence-electron chi connectivity index (χ2n) is 10.2. The maximum absolute atomic E-state index is 4.99. The predicted molar refractivity (Wildman–Crippen MR) is 333 cm³/mol. The molecule has 0 amide bonds. The molecular formula is C81H11NS. The molecule has 0 aliphatic carbocycles. The van der Waals surface area contributed by atoms with E-state index >= 15 is 0 Å². The van der Waals surface area contributed by atoms with Crippen molar-refractivity contribution in [3.05, 3.63) is 0 Å². The summed E-state index contributed by atoms with van der Waals surface area (Å²) in [5.41, 5.74) is 4.99. The Kier molecular flexibility index (Phi) is 57.1. The normalized spacial score (nSPS) is 4.12. The molecule has 83 heavy (non-hydrogen) atoms. The molecule has 1 nitrogen and oxygen atoms in total. The molecule has 0 fully saturated rings. The Balaban J connectivity index is 0. The highest BCUT2D eigenvalue weighted by Gasteiger charge is 1.65. The van der Waals surface area contributed by atoms with Crippen LogP contribution < -0.4 is 5.73 Å². The van der Waals surface area contributed by atoms with Gasteiger partial charge in [-0.25, -0.2) is 0 Å². The lowest BCUT2D eigenvalue weighted by atomic mass is 10.4. The molecule has 0 radical (unpaired) electrons. The van der Waals surface area contributed by atoms with E-state index < -0.39 is 0 Å². The molecule has 0 aromatic rings. The first-order chi connectivity index (χ1) is 41.3. The van der Waals surface area contributed by atoms with Crippen molar-refractivity contribution in [3.8, 4) is 462 Å². The number of hydrogen-bond donors (Lipinski definition) is 1. The molecule has 2 heteroatoms. The summed E-state index contributed by atoms with van der Waals surface area (Å²) in [7, 11) is 0. The summed E-state index contributed by atoms with van der Waals surface area (Å²) in [6, 6.07) is 0. The number of rotatable bonds is 1. The van der Waals surface area contributed by atoms with Crippen LogP contribution in [0.1, 0.15) is 6.92 Å². The van der Waals surface area contributed by atoms with Crippen LogP contribution in [-0.2, 0) is 0 Å². The van der Waals surface area contributed by atoms with Crippen LogP contribution >= 0.6 is 11.8 Å². The lowest BCUT2D eigenvalue weighted by Gasteiger charge is -1.71. The summed E-state index contributed by atoms with van der Waals surface area (Å²) in [6.07, 6.45) is 6.92. The van der Waals surface area contributed by atoms with Gasteiger partial charge >= 0.3 is 0 Å². The van der Waals surface area contributed by atoms with Gasteiger partial charge < -0.3 is 5.73 Å². The van der Waals surface area contributed by atoms with E-state index in [1.807, 2.05) is 6.26 Å². The van der Waals surface area contributed by atoms with Gasteiger partial charge in [-0.1, -0.05) is 5.92 Å². The van der Waals surface area contributed by atoms with Gasteiger partial charge in [-0.2, -0.15) is 11.8 Å². The van der Waals surface area contributed by atoms with Crippen LogP contribution in [0.5, 0.6) is 0 Å². The molecule has 0 aromatic carbocycles. The standard InChI is InChI=1S/C79H4.C2H7NS/c1-3-5-7-9-11-13-15-17-19-21-23-25-27-29-31-33-35-37-39-41-43-45-47-49-51-53-55-57-59-61-63-65-67-69-71-73-75-77-79-78-76-74-72-70-68-66-64-62-60-58-56-54-52-50-48-46-44-42-40-38-36-34-32-30-28-26-24-22-20-18-16-14-12-10-8-6-4-2;1-4-2-3/h1H,2H3;2-3H2,1H3. The van der Waals surface area contributed by atoms with Gasteiger partial charge in [0.05, 0.1) is 0 Å². The van der Waals surface area contributed by atoms with E-state index in [9.17, 15) is 0 Å². The Morgan fingerprint density at radius 2 is 0.253 bits per heavy atom. The minimum Gasteiger partial charge on any atom is -0.322 e. The third-order valence-electron chi connectivity index (χ3n) is 4.99. The summed E-state index contributed by atoms with van der Waals surface area (Å²) in [6.45, 7) is 1.68. The topological polar surface area (TPSA) is 26.0 Å². The highest BCUT2D eigenvalue weighted by molar-refractivity contribution is 7.98. The van der Waals surface area contributed by atoms with E-state index in [1.165, 1.54) is 0 Å². The average molecular weight is 1030 g/mol. The summed E-state index contributed by atoms with van der Waals surface area (Å²) in [4.78, 5) is 0. The highest BCUT2D eigenvalue weighted by Crippen LogP contribution is 1.78. The second-order valence-corrected chi connectivity index (χ2v) is 11.1. The van der Waals surface area contributed by atoms with E-state index in [2.05, 4.69) is 456 Å². The molecule has 0 saturated heterocycles. The molecule has 0 heterocycles. The van der Waals surface area contributed by atoms with Gasteiger partial charge in [0.2, 0.25) is 0 Å². The number of hydrogen-bond acceptors (Lipinski definition) is 2. The highest BCUT2D eigenvalue weighted by atomic mass is 32.2. The molecule has 346 valence electrons. The molecular weight excluding hydrogens is 1020 g/mol. The maximum Gasteiger partial charge on any atom is 0.0389 e. The lowest BCUT2D eigenvalue weighted by Crippen LogP contribution is -1.88. The van der Waals surface area contributed by atoms with Crippen LogP contribution in [0.15, 0.2) is 0 Å². The fourth-order valence-electron chi connectivity index (χ4n) is 2.38. The molecule has 0 atom stereocenters. The Labute approximate surface area is 495 Å². The Bertz CT molecular complexity index is 5380. The first-order valence-electron chi connectivity index (χ1n) is 20.9. The second kappa shape index (κ2) is 69.4. The third-order valence-corrected chi connectivity index (χ3v) is 5.32. The fraction of sp³-hybridized carbons (Fsp3) is 0.0370. The van der Waals surface area contributed by atoms with Crippen molar-refractivity contribution >= 4 is 11.8 Å². The number of thioether (sulfide) groups is 1. The van der Waals surface area contributed by atoms with Gasteiger partial charge in [0, 0.05) is 361 Å². The molecule has 0 saturated carbocycles. The first-order valence-corrected chi connectivity index (χ1v) is 22.3. The van der Waals surface area contributed by atoms with E-state index in [-0.39, 0.29) is 0 Å². The van der Waals surface area contributed by atoms with Crippen LogP contribution in [0, 0.1) is 462 Å². The van der Waals surface area contributed by atoms with Crippen LogP contribution in [0.2, 0.25) is 0 Å². The summed E-state index contributed by atoms with van der Waals surface area (Å²) < 4.78 is 0. The van der Waals surface area contributed by atoms with Crippen LogP contribution in [0.3, 0.4) is 0 Å². The summed E-state index contributed by atoms with van der Waals surface area (Å²) in [5.74, 6) is 193. The molecule has 0 rings (SSSR count). The van der Waals surface area contributed by atoms with Crippen molar-refractivity contribution < 1.29 is 0 Å². The van der Waals surface area contributed by atoms with Crippen LogP contribution in [0.25, 0.3) is 0 Å². The average Bonchev–Trinajstić information content (AvgIpc) is 3.50. The van der Waals surface area contributed by atoms with Gasteiger partial charge in [-0.15, -0.1) is 6.42 Å². The van der Waals surface area contributed by atoms with Crippen molar-refractivity contribution in [1.82, 2.24) is 0 Å². The smallest absolute Gasteiger partial charge is 0.0389 e. The Morgan fingerprint density at radius 3 is 0.313 bits per heavy atom. The predicted octanol–water partition coefficient (Wildman–Crippen LogP) is 1.03. The lowest BCUT2D eigenvalue weighted by molar-refractivity contribution is 1.40. The molecule has 0 aliphatic rings. The van der Waals surface area contributed by atoms with Crippen molar-refractivity contribution in [2.45, 2.75) is 6.92 Å². The van der Waals surface area contributed by atoms with Gasteiger partial charge in [0.25, 0.3) is 0 Å². The monoisotopic (exact) mass is 1030 g/mol. The zero-order chi connectivity index (χ0) is 59.9. The van der Waals surface area contributed by atoms with Crippen molar-refractivity contribution in [1.29, 1.82) is 0 Å². The maximum atomic E-state index is 4.99. The molecule has 0 aromatic heterocycles. The molecule has 0 bridgehead atoms. The van der Waals surface area contributed by atoms with Gasteiger partial charge in [0.1, 0.15) is 0 Å². The molecule has 0 aliphatic heterocycles. The Hall–Kier alpha value is -16.9. The number of nitrogens with two attached hydrogens (primary N) is 1. The van der Waals surface area contributed by atoms with Gasteiger partial charge in [0.15, 0.2) is 0 Å². The van der Waals surface area contributed by atoms with Gasteiger partial charge in [-0.05, 0) is 108 Å². The number of terminal acetylenes is 1. The van der Waals surface area contributed by atoms with Crippen LogP contribution in [0.4, 0.5) is 0 Å². The minimum absolute atomic E-state index is 0.736. The third kappa shape index (κ3) is 71.8. The summed E-state index contributed by atoms with van der Waals surface area (Å²) in [5, 5.41) is 0. The largest absolute Gasteiger partial charge is 0.322 e. The van der Waals surface area contributed by atoms with E-state index in [0.717, 1.165) is 5.88 Å². The fourth-order valence-corrected chi connectivity index (χ4v) is 2.38. The zero-order valence-corrected chi connectivity index (χ0v) is 43.6. The Morgan fingerprint density at radius 1 is 0.181 bits per heavy atom. The van der Waals surface area contributed by atoms with Crippen LogP contribution in [-0.4, -0.2) is 12.1 Å². The zero-order valence-electron chi connectivity index (χ0n) is 42.8. The molecule has 2 N–H and O–H groups in total. The first kappa shape index (κ1) is 68.2. The SMILES string of the molecule is C#CC#CC#CC#CC#CC#CC#CC#CC#CC#CC#CC#CC#CC#CC#CC#CC#CC#CC#CC#CC#CC#CC#CC#CC#CC#CC#CC#CC#CC#CC#CC#CC#CC#CC#CC#CC#CC#CC#CC.CSCN. The van der Waals surface area contributed by atoms with Crippen molar-refractivity contribution in [2.24, 2.45) is 5.73 Å². The minimum atomic E-state index is 0.736. The van der Waals surface area contributed by atoms with E-state index in [4.69, 9.17) is 12.2 Å². The van der Waals surface area contributed by atoms with Crippen molar-refractivity contribution in [3.63, 3.8) is 0 Å². The van der Waals surface area contributed by atoms with E-state index in [0.29, 0.717) is 0 Å². The van der Waals surface area contributed by atoms with E-state index in [1.54, 1.807) is 18.7 Å². The van der Waals surface area contributed by atoms with Crippen molar-refractivity contribution in [2.75, 3.05) is 12.1 Å². The quantitative estimate of drug-likeness (QED) is 0.315. The van der Waals surface area contributed by atoms with Gasteiger partial charge in [-0.3, -0.25) is 0 Å². The molecule has 0 unspecified atom stereocenters. The summed E-state index contributed by atoms with van der Waals surface area (Å²) >= 11 is 1.63. The molecule has 0 spiro atoms.